The fourth-order valence-corrected chi connectivity index (χ4v) is 3.01. The summed E-state index contributed by atoms with van der Waals surface area (Å²) in [5.41, 5.74) is 1.21. The number of esters is 1. The predicted octanol–water partition coefficient (Wildman–Crippen LogP) is 2.41. The molecule has 1 aliphatic rings. The summed E-state index contributed by atoms with van der Waals surface area (Å²) in [5.74, 6) is -1.11. The lowest BCUT2D eigenvalue weighted by Crippen LogP contribution is -2.16. The van der Waals surface area contributed by atoms with Crippen LogP contribution in [0.3, 0.4) is 0 Å². The number of rotatable bonds is 8. The normalized spacial score (nSPS) is 14.6. The number of hydrogen-bond donors (Lipinski definition) is 2. The maximum Gasteiger partial charge on any atom is 0.343 e. The lowest BCUT2D eigenvalue weighted by Gasteiger charge is -2.13. The van der Waals surface area contributed by atoms with Gasteiger partial charge in [0.2, 0.25) is 5.91 Å². The summed E-state index contributed by atoms with van der Waals surface area (Å²) in [5, 5.41) is 11.3. The van der Waals surface area contributed by atoms with E-state index in [9.17, 15) is 14.4 Å². The number of amides is 1. The molecule has 0 bridgehead atoms. The fourth-order valence-electron chi connectivity index (χ4n) is 3.01. The molecule has 1 atom stereocenters. The van der Waals surface area contributed by atoms with E-state index in [1.54, 1.807) is 30.3 Å². The number of aliphatic carboxylic acids is 1. The molecule has 1 aliphatic heterocycles. The van der Waals surface area contributed by atoms with Crippen molar-refractivity contribution in [3.63, 3.8) is 0 Å². The highest BCUT2D eigenvalue weighted by molar-refractivity contribution is 5.99. The topological polar surface area (TPSA) is 120 Å². The second-order valence-electron chi connectivity index (χ2n) is 6.12. The Balaban J connectivity index is 1.71. The third kappa shape index (κ3) is 4.40. The number of benzene rings is 2. The Morgan fingerprint density at radius 1 is 1.17 bits per heavy atom. The molecule has 1 amide bonds. The van der Waals surface area contributed by atoms with Crippen molar-refractivity contribution < 1.29 is 38.4 Å². The van der Waals surface area contributed by atoms with Gasteiger partial charge in [0, 0.05) is 17.3 Å². The number of carbonyl (C=O) groups is 3. The molecule has 0 saturated carbocycles. The van der Waals surface area contributed by atoms with E-state index in [-0.39, 0.29) is 23.6 Å². The zero-order chi connectivity index (χ0) is 21.0. The Morgan fingerprint density at radius 3 is 2.66 bits per heavy atom. The summed E-state index contributed by atoms with van der Waals surface area (Å²) in [7, 11) is 2.88. The Morgan fingerprint density at radius 2 is 1.97 bits per heavy atom. The Bertz CT molecular complexity index is 955. The first kappa shape index (κ1) is 20.0. The van der Waals surface area contributed by atoms with Crippen molar-refractivity contribution in [1.82, 2.24) is 0 Å². The predicted molar refractivity (Wildman–Crippen MR) is 101 cm³/mol. The van der Waals surface area contributed by atoms with Crippen LogP contribution >= 0.6 is 0 Å². The summed E-state index contributed by atoms with van der Waals surface area (Å²) >= 11 is 0. The van der Waals surface area contributed by atoms with E-state index in [1.165, 1.54) is 20.3 Å². The van der Waals surface area contributed by atoms with Crippen molar-refractivity contribution in [3.05, 3.63) is 47.5 Å². The van der Waals surface area contributed by atoms with Gasteiger partial charge in [-0.3, -0.25) is 4.79 Å². The highest BCUT2D eigenvalue weighted by Crippen LogP contribution is 2.43. The van der Waals surface area contributed by atoms with Crippen LogP contribution in [0.4, 0.5) is 5.69 Å². The van der Waals surface area contributed by atoms with Crippen LogP contribution in [0.25, 0.3) is 0 Å². The van der Waals surface area contributed by atoms with Gasteiger partial charge in [-0.25, -0.2) is 9.59 Å². The summed E-state index contributed by atoms with van der Waals surface area (Å²) in [6.07, 6.45) is -0.863. The standard InChI is InChI=1S/C20H19NO8/c1-26-14-7-6-13-15(29-20(25)18(13)19(14)27-2)9-16(22)21-11-4-3-5-12(8-11)28-10-17(23)24/h3-8,15H,9-10H2,1-2H3,(H,21,22)(H,23,24)/t15-/m1/s1. The minimum absolute atomic E-state index is 0.103. The van der Waals surface area contributed by atoms with Gasteiger partial charge in [-0.1, -0.05) is 12.1 Å². The maximum atomic E-state index is 12.4. The number of carbonyl (C=O) groups excluding carboxylic acids is 2. The first-order valence-electron chi connectivity index (χ1n) is 8.63. The third-order valence-electron chi connectivity index (χ3n) is 4.23. The minimum Gasteiger partial charge on any atom is -0.493 e. The van der Waals surface area contributed by atoms with Crippen LogP contribution in [0.15, 0.2) is 36.4 Å². The molecule has 0 saturated heterocycles. The summed E-state index contributed by atoms with van der Waals surface area (Å²) in [4.78, 5) is 35.3. The van der Waals surface area contributed by atoms with Crippen LogP contribution in [-0.2, 0) is 14.3 Å². The minimum atomic E-state index is -1.10. The molecule has 0 radical (unpaired) electrons. The van der Waals surface area contributed by atoms with Crippen LogP contribution in [0.2, 0.25) is 0 Å². The van der Waals surface area contributed by atoms with Crippen LogP contribution in [0.5, 0.6) is 17.2 Å². The quantitative estimate of drug-likeness (QED) is 0.647. The zero-order valence-corrected chi connectivity index (χ0v) is 15.8. The number of hydrogen-bond acceptors (Lipinski definition) is 7. The molecular formula is C20H19NO8. The van der Waals surface area contributed by atoms with Crippen LogP contribution in [0.1, 0.15) is 28.4 Å². The number of ether oxygens (including phenoxy) is 4. The van der Waals surface area contributed by atoms with Gasteiger partial charge in [0.15, 0.2) is 18.1 Å². The molecular weight excluding hydrogens is 382 g/mol. The Hall–Kier alpha value is -3.75. The molecule has 0 aromatic heterocycles. The number of methoxy groups -OCH3 is 2. The molecule has 152 valence electrons. The van der Waals surface area contributed by atoms with E-state index >= 15 is 0 Å². The Labute approximate surface area is 166 Å². The van der Waals surface area contributed by atoms with Gasteiger partial charge in [0.05, 0.1) is 20.6 Å². The van der Waals surface area contributed by atoms with E-state index in [4.69, 9.17) is 24.1 Å². The number of carboxylic acids is 1. The van der Waals surface area contributed by atoms with Crippen molar-refractivity contribution in [1.29, 1.82) is 0 Å². The van der Waals surface area contributed by atoms with Crippen molar-refractivity contribution in [2.24, 2.45) is 0 Å². The van der Waals surface area contributed by atoms with E-state index < -0.39 is 24.6 Å². The van der Waals surface area contributed by atoms with E-state index in [0.29, 0.717) is 22.7 Å². The largest absolute Gasteiger partial charge is 0.493 e. The second kappa shape index (κ2) is 8.51. The molecule has 2 N–H and O–H groups in total. The third-order valence-corrected chi connectivity index (χ3v) is 4.23. The van der Waals surface area contributed by atoms with Gasteiger partial charge in [0.25, 0.3) is 0 Å². The van der Waals surface area contributed by atoms with Gasteiger partial charge in [0.1, 0.15) is 17.4 Å². The molecule has 2 aromatic rings. The molecule has 29 heavy (non-hydrogen) atoms. The van der Waals surface area contributed by atoms with Crippen LogP contribution in [-0.4, -0.2) is 43.8 Å². The highest BCUT2D eigenvalue weighted by atomic mass is 16.6. The first-order chi connectivity index (χ1) is 13.9. The van der Waals surface area contributed by atoms with Gasteiger partial charge in [-0.05, 0) is 18.2 Å². The Kier molecular flexibility index (Phi) is 5.87. The van der Waals surface area contributed by atoms with Crippen molar-refractivity contribution in [2.75, 3.05) is 26.1 Å². The van der Waals surface area contributed by atoms with Gasteiger partial charge in [-0.2, -0.15) is 0 Å². The van der Waals surface area contributed by atoms with Gasteiger partial charge >= 0.3 is 11.9 Å². The van der Waals surface area contributed by atoms with Gasteiger partial charge in [-0.15, -0.1) is 0 Å². The number of cyclic esters (lactones) is 1. The van der Waals surface area contributed by atoms with Crippen molar-refractivity contribution in [3.8, 4) is 17.2 Å². The number of nitrogens with one attached hydrogen (secondary N) is 1. The number of anilines is 1. The highest BCUT2D eigenvalue weighted by Gasteiger charge is 2.36. The lowest BCUT2D eigenvalue weighted by molar-refractivity contribution is -0.139. The van der Waals surface area contributed by atoms with Crippen molar-refractivity contribution in [2.45, 2.75) is 12.5 Å². The molecule has 1 heterocycles. The van der Waals surface area contributed by atoms with E-state index in [2.05, 4.69) is 5.32 Å². The summed E-state index contributed by atoms with van der Waals surface area (Å²) in [6, 6.07) is 9.65. The molecule has 9 heteroatoms. The maximum absolute atomic E-state index is 12.4. The molecule has 0 aliphatic carbocycles. The molecule has 9 nitrogen and oxygen atoms in total. The SMILES string of the molecule is COc1ccc2c(c1OC)C(=O)O[C@@H]2CC(=O)Nc1cccc(OCC(=O)O)c1. The lowest BCUT2D eigenvalue weighted by atomic mass is 10.0. The number of carboxylic acid groups (broad SMARTS) is 1. The summed E-state index contributed by atoms with van der Waals surface area (Å²) in [6.45, 7) is -0.489. The smallest absolute Gasteiger partial charge is 0.343 e. The number of fused-ring (bicyclic) bond motifs is 1. The van der Waals surface area contributed by atoms with Gasteiger partial charge < -0.3 is 29.4 Å². The second-order valence-corrected chi connectivity index (χ2v) is 6.12. The summed E-state index contributed by atoms with van der Waals surface area (Å²) < 4.78 is 20.9. The molecule has 3 rings (SSSR count). The zero-order valence-electron chi connectivity index (χ0n) is 15.8. The van der Waals surface area contributed by atoms with Crippen LogP contribution in [0, 0.1) is 0 Å². The van der Waals surface area contributed by atoms with E-state index in [0.717, 1.165) is 0 Å². The first-order valence-corrected chi connectivity index (χ1v) is 8.63. The molecule has 0 spiro atoms. The molecule has 2 aromatic carbocycles. The molecule has 0 unspecified atom stereocenters. The van der Waals surface area contributed by atoms with E-state index in [1.807, 2.05) is 0 Å². The fraction of sp³-hybridized carbons (Fsp3) is 0.250. The molecule has 0 fully saturated rings. The average molecular weight is 401 g/mol. The van der Waals surface area contributed by atoms with Crippen LogP contribution < -0.4 is 19.5 Å². The van der Waals surface area contributed by atoms with Crippen molar-refractivity contribution >= 4 is 23.5 Å². The average Bonchev–Trinajstić information content (AvgIpc) is 3.01. The monoisotopic (exact) mass is 401 g/mol.